The van der Waals surface area contributed by atoms with Crippen molar-refractivity contribution in [1.29, 1.82) is 0 Å². The summed E-state index contributed by atoms with van der Waals surface area (Å²) in [5, 5.41) is 10.4. The van der Waals surface area contributed by atoms with Crippen LogP contribution in [0.4, 0.5) is 0 Å². The summed E-state index contributed by atoms with van der Waals surface area (Å²) in [6, 6.07) is 9.77. The van der Waals surface area contributed by atoms with E-state index in [0.29, 0.717) is 11.6 Å². The molecule has 0 saturated heterocycles. The number of aliphatic hydroxyl groups is 1. The lowest BCUT2D eigenvalue weighted by Crippen LogP contribution is -2.11. The third-order valence-corrected chi connectivity index (χ3v) is 3.91. The summed E-state index contributed by atoms with van der Waals surface area (Å²) in [4.78, 5) is 4.42. The van der Waals surface area contributed by atoms with E-state index >= 15 is 0 Å². The molecule has 0 aliphatic carbocycles. The van der Waals surface area contributed by atoms with Gasteiger partial charge in [-0.15, -0.1) is 0 Å². The molecule has 1 atom stereocenters. The highest BCUT2D eigenvalue weighted by atomic mass is 16.5. The van der Waals surface area contributed by atoms with Gasteiger partial charge < -0.3 is 9.84 Å². The average Bonchev–Trinajstić information content (AvgIpc) is 2.54. The Morgan fingerprint density at radius 2 is 2.05 bits per heavy atom. The molecule has 0 aliphatic heterocycles. The second-order valence-corrected chi connectivity index (χ2v) is 5.51. The number of para-hydroxylation sites is 1. The number of ether oxygens (including phenoxy) is 1. The van der Waals surface area contributed by atoms with Crippen LogP contribution in [0.15, 0.2) is 30.3 Å². The molecule has 0 fully saturated rings. The molecule has 21 heavy (non-hydrogen) atoms. The van der Waals surface area contributed by atoms with Crippen LogP contribution in [0.2, 0.25) is 0 Å². The SMILES string of the molecule is CCCCC(CC)COc1cc(CO)nc2ccccc12. The minimum atomic E-state index is -0.0613. The van der Waals surface area contributed by atoms with Crippen LogP contribution in [0.1, 0.15) is 45.2 Å². The highest BCUT2D eigenvalue weighted by molar-refractivity contribution is 5.85. The number of hydrogen-bond acceptors (Lipinski definition) is 3. The average molecular weight is 287 g/mol. The fraction of sp³-hybridized carbons (Fsp3) is 0.500. The normalized spacial score (nSPS) is 12.5. The summed E-state index contributed by atoms with van der Waals surface area (Å²) in [5.74, 6) is 1.43. The van der Waals surface area contributed by atoms with Crippen LogP contribution in [0.3, 0.4) is 0 Å². The Kier molecular flexibility index (Phi) is 6.00. The number of hydrogen-bond donors (Lipinski definition) is 1. The summed E-state index contributed by atoms with van der Waals surface area (Å²) in [6.07, 6.45) is 4.82. The second kappa shape index (κ2) is 7.99. The van der Waals surface area contributed by atoms with E-state index in [4.69, 9.17) is 4.74 Å². The van der Waals surface area contributed by atoms with Crippen molar-refractivity contribution in [1.82, 2.24) is 4.98 Å². The summed E-state index contributed by atoms with van der Waals surface area (Å²) < 4.78 is 6.06. The van der Waals surface area contributed by atoms with Gasteiger partial charge in [0.2, 0.25) is 0 Å². The van der Waals surface area contributed by atoms with E-state index in [9.17, 15) is 5.11 Å². The van der Waals surface area contributed by atoms with E-state index < -0.39 is 0 Å². The van der Waals surface area contributed by atoms with Gasteiger partial charge in [-0.1, -0.05) is 45.2 Å². The van der Waals surface area contributed by atoms with Crippen molar-refractivity contribution >= 4 is 10.9 Å². The molecule has 2 aromatic rings. The molecular formula is C18H25NO2. The van der Waals surface area contributed by atoms with Gasteiger partial charge in [0.05, 0.1) is 24.4 Å². The Morgan fingerprint density at radius 3 is 2.76 bits per heavy atom. The highest BCUT2D eigenvalue weighted by Gasteiger charge is 2.10. The van der Waals surface area contributed by atoms with E-state index in [0.717, 1.165) is 29.7 Å². The molecule has 1 heterocycles. The van der Waals surface area contributed by atoms with Crippen LogP contribution < -0.4 is 4.74 Å². The van der Waals surface area contributed by atoms with Crippen molar-refractivity contribution in [2.75, 3.05) is 6.61 Å². The first-order valence-electron chi connectivity index (χ1n) is 7.90. The number of pyridine rings is 1. The molecule has 1 aromatic carbocycles. The molecule has 0 amide bonds. The number of aromatic nitrogens is 1. The predicted octanol–water partition coefficient (Wildman–Crippen LogP) is 4.32. The van der Waals surface area contributed by atoms with Crippen LogP contribution in [-0.2, 0) is 6.61 Å². The Morgan fingerprint density at radius 1 is 1.24 bits per heavy atom. The summed E-state index contributed by atoms with van der Waals surface area (Å²) >= 11 is 0. The maximum atomic E-state index is 9.34. The number of rotatable bonds is 8. The zero-order chi connectivity index (χ0) is 15.1. The number of nitrogens with zero attached hydrogens (tertiary/aromatic N) is 1. The van der Waals surface area contributed by atoms with Crippen molar-refractivity contribution in [3.05, 3.63) is 36.0 Å². The van der Waals surface area contributed by atoms with E-state index in [1.54, 1.807) is 0 Å². The van der Waals surface area contributed by atoms with Crippen molar-refractivity contribution < 1.29 is 9.84 Å². The highest BCUT2D eigenvalue weighted by Crippen LogP contribution is 2.26. The molecule has 0 aliphatic rings. The largest absolute Gasteiger partial charge is 0.493 e. The molecule has 0 bridgehead atoms. The van der Waals surface area contributed by atoms with Gasteiger partial charge >= 0.3 is 0 Å². The van der Waals surface area contributed by atoms with Gasteiger partial charge in [0.25, 0.3) is 0 Å². The van der Waals surface area contributed by atoms with E-state index in [1.165, 1.54) is 19.3 Å². The van der Waals surface area contributed by atoms with Crippen LogP contribution in [0.25, 0.3) is 10.9 Å². The Labute approximate surface area is 127 Å². The lowest BCUT2D eigenvalue weighted by molar-refractivity contribution is 0.234. The van der Waals surface area contributed by atoms with Crippen LogP contribution in [0, 0.1) is 5.92 Å². The molecule has 0 spiro atoms. The minimum Gasteiger partial charge on any atom is -0.493 e. The Bertz CT molecular complexity index is 568. The number of benzene rings is 1. The molecule has 114 valence electrons. The maximum absolute atomic E-state index is 9.34. The smallest absolute Gasteiger partial charge is 0.130 e. The van der Waals surface area contributed by atoms with Gasteiger partial charge in [0.15, 0.2) is 0 Å². The van der Waals surface area contributed by atoms with Crippen molar-refractivity contribution in [2.45, 2.75) is 46.1 Å². The third kappa shape index (κ3) is 4.18. The zero-order valence-electron chi connectivity index (χ0n) is 13.0. The van der Waals surface area contributed by atoms with Crippen molar-refractivity contribution in [2.24, 2.45) is 5.92 Å². The molecule has 3 nitrogen and oxygen atoms in total. The van der Waals surface area contributed by atoms with Crippen LogP contribution in [0.5, 0.6) is 5.75 Å². The number of aliphatic hydroxyl groups excluding tert-OH is 1. The van der Waals surface area contributed by atoms with Gasteiger partial charge in [-0.05, 0) is 24.5 Å². The molecule has 1 aromatic heterocycles. The molecule has 0 radical (unpaired) electrons. The summed E-state index contributed by atoms with van der Waals surface area (Å²) in [5.41, 5.74) is 1.53. The first-order chi connectivity index (χ1) is 10.3. The molecular weight excluding hydrogens is 262 g/mol. The molecule has 3 heteroatoms. The van der Waals surface area contributed by atoms with Gasteiger partial charge in [-0.2, -0.15) is 0 Å². The topological polar surface area (TPSA) is 42.4 Å². The van der Waals surface area contributed by atoms with Crippen LogP contribution in [-0.4, -0.2) is 16.7 Å². The summed E-state index contributed by atoms with van der Waals surface area (Å²) in [7, 11) is 0. The zero-order valence-corrected chi connectivity index (χ0v) is 13.0. The molecule has 1 N–H and O–H groups in total. The number of fused-ring (bicyclic) bond motifs is 1. The first-order valence-corrected chi connectivity index (χ1v) is 7.90. The van der Waals surface area contributed by atoms with Gasteiger partial charge in [0.1, 0.15) is 5.75 Å². The fourth-order valence-electron chi connectivity index (χ4n) is 2.50. The second-order valence-electron chi connectivity index (χ2n) is 5.51. The minimum absolute atomic E-state index is 0.0613. The maximum Gasteiger partial charge on any atom is 0.130 e. The Hall–Kier alpha value is -1.61. The molecule has 0 saturated carbocycles. The van der Waals surface area contributed by atoms with E-state index in [1.807, 2.05) is 30.3 Å². The lowest BCUT2D eigenvalue weighted by atomic mass is 10.0. The van der Waals surface area contributed by atoms with Crippen LogP contribution >= 0.6 is 0 Å². The monoisotopic (exact) mass is 287 g/mol. The van der Waals surface area contributed by atoms with E-state index in [2.05, 4.69) is 18.8 Å². The Balaban J connectivity index is 2.16. The fourth-order valence-corrected chi connectivity index (χ4v) is 2.50. The molecule has 2 rings (SSSR count). The van der Waals surface area contributed by atoms with E-state index in [-0.39, 0.29) is 6.61 Å². The number of unbranched alkanes of at least 4 members (excludes halogenated alkanes) is 1. The van der Waals surface area contributed by atoms with Gasteiger partial charge in [-0.25, -0.2) is 0 Å². The standard InChI is InChI=1S/C18H25NO2/c1-3-5-8-14(4-2)13-21-18-11-15(12-20)19-17-10-7-6-9-16(17)18/h6-7,9-11,14,20H,3-5,8,12-13H2,1-2H3. The third-order valence-electron chi connectivity index (χ3n) is 3.91. The lowest BCUT2D eigenvalue weighted by Gasteiger charge is -2.17. The summed E-state index contributed by atoms with van der Waals surface area (Å²) in [6.45, 7) is 5.11. The van der Waals surface area contributed by atoms with Gasteiger partial charge in [-0.3, -0.25) is 4.98 Å². The quantitative estimate of drug-likeness (QED) is 0.786. The van der Waals surface area contributed by atoms with Crippen molar-refractivity contribution in [3.63, 3.8) is 0 Å². The van der Waals surface area contributed by atoms with Crippen molar-refractivity contribution in [3.8, 4) is 5.75 Å². The first kappa shape index (κ1) is 15.8. The van der Waals surface area contributed by atoms with Gasteiger partial charge in [0, 0.05) is 11.5 Å². The molecule has 1 unspecified atom stereocenters. The predicted molar refractivity (Wildman–Crippen MR) is 86.5 cm³/mol.